The summed E-state index contributed by atoms with van der Waals surface area (Å²) in [4.78, 5) is 12.9. The Balaban J connectivity index is 1.08. The molecule has 0 aliphatic carbocycles. The fourth-order valence-electron chi connectivity index (χ4n) is 8.69. The summed E-state index contributed by atoms with van der Waals surface area (Å²) >= 11 is 0. The van der Waals surface area contributed by atoms with E-state index < -0.39 is 0 Å². The molecule has 0 unspecified atom stereocenters. The third kappa shape index (κ3) is 4.96. The molecule has 0 saturated heterocycles. The minimum Gasteiger partial charge on any atom is -0.456 e. The van der Waals surface area contributed by atoms with Gasteiger partial charge in [0.05, 0.1) is 33.6 Å². The van der Waals surface area contributed by atoms with Crippen molar-refractivity contribution in [3.8, 4) is 28.1 Å². The van der Waals surface area contributed by atoms with Crippen LogP contribution in [0.1, 0.15) is 11.1 Å². The van der Waals surface area contributed by atoms with E-state index in [9.17, 15) is 0 Å². The van der Waals surface area contributed by atoms with Crippen LogP contribution in [0.2, 0.25) is 0 Å². The van der Waals surface area contributed by atoms with Crippen LogP contribution in [0.5, 0.6) is 0 Å². The van der Waals surface area contributed by atoms with Crippen LogP contribution in [0.3, 0.4) is 0 Å². The molecule has 266 valence electrons. The van der Waals surface area contributed by atoms with E-state index >= 15 is 0 Å². The highest BCUT2D eigenvalue weighted by molar-refractivity contribution is 6.11. The fourth-order valence-corrected chi connectivity index (χ4v) is 8.69. The van der Waals surface area contributed by atoms with Crippen molar-refractivity contribution in [2.45, 2.75) is 0 Å². The number of anilines is 3. The molecule has 0 spiro atoms. The smallest absolute Gasteiger partial charge is 0.235 e. The maximum absolute atomic E-state index is 6.40. The molecular formula is C52H32N4O. The second-order valence-corrected chi connectivity index (χ2v) is 14.6. The normalized spacial score (nSPS) is 12.5. The molecule has 1 aliphatic heterocycles. The van der Waals surface area contributed by atoms with Gasteiger partial charge in [-0.05, 0) is 83.4 Å². The largest absolute Gasteiger partial charge is 0.456 e. The molecule has 5 heteroatoms. The summed E-state index contributed by atoms with van der Waals surface area (Å²) in [6.45, 7) is 0. The highest BCUT2D eigenvalue weighted by Gasteiger charge is 2.26. The molecule has 12 rings (SSSR count). The van der Waals surface area contributed by atoms with E-state index in [0.717, 1.165) is 83.4 Å². The van der Waals surface area contributed by atoms with Crippen molar-refractivity contribution in [3.05, 3.63) is 193 Å². The van der Waals surface area contributed by atoms with Crippen LogP contribution in [0, 0.1) is 0 Å². The zero-order valence-electron chi connectivity index (χ0n) is 30.7. The van der Waals surface area contributed by atoms with Gasteiger partial charge in [0.2, 0.25) is 5.95 Å². The average molecular weight is 729 g/mol. The van der Waals surface area contributed by atoms with Crippen LogP contribution in [0.15, 0.2) is 186 Å². The van der Waals surface area contributed by atoms with Crippen molar-refractivity contribution in [3.63, 3.8) is 0 Å². The first-order valence-electron chi connectivity index (χ1n) is 19.2. The molecule has 0 saturated carbocycles. The minimum absolute atomic E-state index is 0.605. The second-order valence-electron chi connectivity index (χ2n) is 14.6. The number of para-hydroxylation sites is 4. The Morgan fingerprint density at radius 1 is 0.404 bits per heavy atom. The van der Waals surface area contributed by atoms with Gasteiger partial charge in [-0.25, -0.2) is 9.97 Å². The van der Waals surface area contributed by atoms with Crippen molar-refractivity contribution in [2.75, 3.05) is 4.90 Å². The molecular weight excluding hydrogens is 697 g/mol. The van der Waals surface area contributed by atoms with Crippen molar-refractivity contribution in [1.82, 2.24) is 14.5 Å². The van der Waals surface area contributed by atoms with Gasteiger partial charge in [0, 0.05) is 43.7 Å². The lowest BCUT2D eigenvalue weighted by Gasteiger charge is -2.26. The predicted molar refractivity (Wildman–Crippen MR) is 236 cm³/mol. The molecule has 0 atom stereocenters. The summed E-state index contributed by atoms with van der Waals surface area (Å²) in [5.41, 5.74) is 14.4. The zero-order valence-corrected chi connectivity index (χ0v) is 30.7. The number of aromatic nitrogens is 3. The van der Waals surface area contributed by atoms with Gasteiger partial charge < -0.3 is 8.98 Å². The van der Waals surface area contributed by atoms with Crippen LogP contribution in [0.25, 0.3) is 94.9 Å². The molecule has 0 bridgehead atoms. The maximum Gasteiger partial charge on any atom is 0.235 e. The Morgan fingerprint density at radius 3 is 1.93 bits per heavy atom. The Bertz CT molecular complexity index is 3410. The fraction of sp³-hybridized carbons (Fsp3) is 0. The van der Waals surface area contributed by atoms with Gasteiger partial charge in [-0.15, -0.1) is 0 Å². The van der Waals surface area contributed by atoms with E-state index in [0.29, 0.717) is 5.95 Å². The standard InChI is InChI=1S/C52H32N4O/c1-3-13-33(14-4-1)51-41-19-7-10-20-44(41)53-52(54-51)56-45-27-25-34(29-36(45)23-24-37-31-50-43(32-48(37)56)40-18-9-12-22-49(40)57-50)35-26-28-47-42(30-35)39-17-8-11-21-46(39)55(47)38-15-5-2-6-16-38/h1-32H. The van der Waals surface area contributed by atoms with E-state index in [-0.39, 0.29) is 0 Å². The van der Waals surface area contributed by atoms with Crippen molar-refractivity contribution in [1.29, 1.82) is 0 Å². The Kier molecular flexibility index (Phi) is 6.86. The van der Waals surface area contributed by atoms with Crippen LogP contribution < -0.4 is 4.90 Å². The summed E-state index contributed by atoms with van der Waals surface area (Å²) < 4.78 is 8.76. The first kappa shape index (κ1) is 31.6. The first-order chi connectivity index (χ1) is 28.2. The summed E-state index contributed by atoms with van der Waals surface area (Å²) in [7, 11) is 0. The van der Waals surface area contributed by atoms with Gasteiger partial charge in [0.1, 0.15) is 11.2 Å². The molecule has 0 N–H and O–H groups in total. The highest BCUT2D eigenvalue weighted by atomic mass is 16.3. The topological polar surface area (TPSA) is 47.1 Å². The van der Waals surface area contributed by atoms with Gasteiger partial charge in [-0.2, -0.15) is 0 Å². The number of hydrogen-bond donors (Lipinski definition) is 0. The molecule has 8 aromatic carbocycles. The molecule has 4 heterocycles. The molecule has 0 radical (unpaired) electrons. The Labute approximate surface area is 328 Å². The average Bonchev–Trinajstić information content (AvgIpc) is 3.75. The molecule has 0 fully saturated rings. The van der Waals surface area contributed by atoms with Crippen LogP contribution in [-0.4, -0.2) is 14.5 Å². The number of hydrogen-bond acceptors (Lipinski definition) is 4. The van der Waals surface area contributed by atoms with Gasteiger partial charge in [-0.3, -0.25) is 4.90 Å². The SMILES string of the molecule is C1=Cc2cc3oc4ccccc4c3cc2N(c2nc(-c3ccccc3)c3ccccc3n2)c2ccc(-c3ccc4c(c3)c3ccccc3n4-c3ccccc3)cc21. The Hall–Kier alpha value is -7.76. The van der Waals surface area contributed by atoms with E-state index in [1.165, 1.54) is 21.8 Å². The zero-order chi connectivity index (χ0) is 37.5. The lowest BCUT2D eigenvalue weighted by molar-refractivity contribution is 0.669. The molecule has 11 aromatic rings. The number of benzene rings is 8. The van der Waals surface area contributed by atoms with Gasteiger partial charge in [-0.1, -0.05) is 127 Å². The highest BCUT2D eigenvalue weighted by Crippen LogP contribution is 2.46. The first-order valence-corrected chi connectivity index (χ1v) is 19.2. The lowest BCUT2D eigenvalue weighted by atomic mass is 9.99. The quantitative estimate of drug-likeness (QED) is 0.181. The minimum atomic E-state index is 0.605. The third-order valence-electron chi connectivity index (χ3n) is 11.3. The van der Waals surface area contributed by atoms with Gasteiger partial charge in [0.15, 0.2) is 0 Å². The van der Waals surface area contributed by atoms with Crippen LogP contribution >= 0.6 is 0 Å². The van der Waals surface area contributed by atoms with Crippen LogP contribution in [0.4, 0.5) is 17.3 Å². The van der Waals surface area contributed by atoms with E-state index in [4.69, 9.17) is 14.4 Å². The lowest BCUT2D eigenvalue weighted by Crippen LogP contribution is -2.15. The van der Waals surface area contributed by atoms with E-state index in [1.54, 1.807) is 0 Å². The number of furan rings is 1. The molecule has 0 amide bonds. The monoisotopic (exact) mass is 728 g/mol. The van der Waals surface area contributed by atoms with E-state index in [2.05, 4.69) is 179 Å². The molecule has 1 aliphatic rings. The molecule has 3 aromatic heterocycles. The van der Waals surface area contributed by atoms with Gasteiger partial charge >= 0.3 is 0 Å². The number of rotatable bonds is 4. The third-order valence-corrected chi connectivity index (χ3v) is 11.3. The van der Waals surface area contributed by atoms with Crippen molar-refractivity contribution in [2.24, 2.45) is 0 Å². The summed E-state index contributed by atoms with van der Waals surface area (Å²) in [6, 6.07) is 64.1. The van der Waals surface area contributed by atoms with E-state index in [1.807, 2.05) is 24.3 Å². The molecule has 57 heavy (non-hydrogen) atoms. The maximum atomic E-state index is 6.40. The van der Waals surface area contributed by atoms with Crippen LogP contribution in [-0.2, 0) is 0 Å². The Morgan fingerprint density at radius 2 is 1.07 bits per heavy atom. The number of nitrogens with zero attached hydrogens (tertiary/aromatic N) is 4. The van der Waals surface area contributed by atoms with Crippen molar-refractivity contribution >= 4 is 84.1 Å². The molecule has 5 nitrogen and oxygen atoms in total. The summed E-state index contributed by atoms with van der Waals surface area (Å²) in [5.74, 6) is 0.605. The van der Waals surface area contributed by atoms with Crippen molar-refractivity contribution < 1.29 is 4.42 Å². The van der Waals surface area contributed by atoms with Gasteiger partial charge in [0.25, 0.3) is 0 Å². The predicted octanol–water partition coefficient (Wildman–Crippen LogP) is 13.9. The second kappa shape index (κ2) is 12.4. The summed E-state index contributed by atoms with van der Waals surface area (Å²) in [5, 5.41) is 5.59. The summed E-state index contributed by atoms with van der Waals surface area (Å²) in [6.07, 6.45) is 4.41. The number of fused-ring (bicyclic) bond motifs is 9.